The van der Waals surface area contributed by atoms with E-state index in [-0.39, 0.29) is 29.9 Å². The van der Waals surface area contributed by atoms with E-state index in [0.29, 0.717) is 10.6 Å². The lowest BCUT2D eigenvalue weighted by Gasteiger charge is -2.25. The Hall–Kier alpha value is -3.04. The Balaban J connectivity index is 1.74. The minimum Gasteiger partial charge on any atom is -0.325 e. The van der Waals surface area contributed by atoms with Gasteiger partial charge in [-0.3, -0.25) is 9.59 Å². The van der Waals surface area contributed by atoms with E-state index in [2.05, 4.69) is 16.7 Å². The van der Waals surface area contributed by atoms with E-state index in [1.54, 1.807) is 0 Å². The number of hydrogen-bond acceptors (Lipinski definition) is 4. The van der Waals surface area contributed by atoms with E-state index in [4.69, 9.17) is 0 Å². The second kappa shape index (κ2) is 8.97. The highest BCUT2D eigenvalue weighted by atomic mass is 32.2. The summed E-state index contributed by atoms with van der Waals surface area (Å²) in [4.78, 5) is 24.6. The van der Waals surface area contributed by atoms with Gasteiger partial charge in [-0.05, 0) is 49.6 Å². The average Bonchev–Trinajstić information content (AvgIpc) is 2.69. The van der Waals surface area contributed by atoms with Gasteiger partial charge in [-0.15, -0.1) is 0 Å². The van der Waals surface area contributed by atoms with Gasteiger partial charge < -0.3 is 10.6 Å². The summed E-state index contributed by atoms with van der Waals surface area (Å²) in [5.74, 6) is -0.519. The number of benzene rings is 2. The molecule has 2 aromatic carbocycles. The number of rotatable bonds is 5. The summed E-state index contributed by atoms with van der Waals surface area (Å²) in [6.07, 6.45) is 0.227. The van der Waals surface area contributed by atoms with Gasteiger partial charge >= 0.3 is 0 Å². The largest absolute Gasteiger partial charge is 0.325 e. The fourth-order valence-electron chi connectivity index (χ4n) is 3.17. The molecule has 5 nitrogen and oxygen atoms in total. The molecule has 2 N–H and O–H groups in total. The van der Waals surface area contributed by atoms with Gasteiger partial charge in [0, 0.05) is 18.0 Å². The van der Waals surface area contributed by atoms with E-state index in [0.717, 1.165) is 27.9 Å². The van der Waals surface area contributed by atoms with Crippen molar-refractivity contribution in [3.8, 4) is 6.07 Å². The SMILES string of the molecule is Cc1ccc(C2CC(=O)NC(SCC(=O)Nc3ccc(C)c(C)c3)=C2C#N)cc1. The molecule has 1 heterocycles. The smallest absolute Gasteiger partial charge is 0.234 e. The summed E-state index contributed by atoms with van der Waals surface area (Å²) in [6.45, 7) is 6.00. The number of hydrogen-bond donors (Lipinski definition) is 2. The predicted octanol–water partition coefficient (Wildman–Crippen LogP) is 4.32. The molecule has 0 radical (unpaired) electrons. The van der Waals surface area contributed by atoms with Crippen molar-refractivity contribution in [2.75, 3.05) is 11.1 Å². The van der Waals surface area contributed by atoms with E-state index >= 15 is 0 Å². The molecular formula is C23H23N3O2S. The van der Waals surface area contributed by atoms with Gasteiger partial charge in [0.05, 0.1) is 22.4 Å². The van der Waals surface area contributed by atoms with Crippen LogP contribution in [-0.2, 0) is 9.59 Å². The van der Waals surface area contributed by atoms with Crippen LogP contribution < -0.4 is 10.6 Å². The van der Waals surface area contributed by atoms with Crippen molar-refractivity contribution in [3.63, 3.8) is 0 Å². The zero-order valence-electron chi connectivity index (χ0n) is 16.7. The van der Waals surface area contributed by atoms with Gasteiger partial charge in [-0.2, -0.15) is 5.26 Å². The second-order valence-corrected chi connectivity index (χ2v) is 8.19. The maximum absolute atomic E-state index is 12.4. The first-order valence-corrected chi connectivity index (χ1v) is 10.4. The molecule has 6 heteroatoms. The molecule has 1 atom stereocenters. The number of allylic oxidation sites excluding steroid dienone is 1. The van der Waals surface area contributed by atoms with Crippen LogP contribution in [0.5, 0.6) is 0 Å². The minimum atomic E-state index is -0.292. The highest BCUT2D eigenvalue weighted by Crippen LogP contribution is 2.36. The number of aryl methyl sites for hydroxylation is 3. The topological polar surface area (TPSA) is 82.0 Å². The minimum absolute atomic E-state index is 0.105. The number of nitrogens with zero attached hydrogens (tertiary/aromatic N) is 1. The molecule has 148 valence electrons. The Bertz CT molecular complexity index is 1020. The average molecular weight is 406 g/mol. The number of nitriles is 1. The molecule has 2 aromatic rings. The molecule has 0 fully saturated rings. The molecule has 29 heavy (non-hydrogen) atoms. The maximum atomic E-state index is 12.4. The molecule has 0 saturated heterocycles. The number of thioether (sulfide) groups is 1. The Morgan fingerprint density at radius 1 is 1.17 bits per heavy atom. The standard InChI is InChI=1S/C23H23N3O2S/c1-14-4-7-17(8-5-14)19-11-21(27)26-23(20(19)12-24)29-13-22(28)25-18-9-6-15(2)16(3)10-18/h4-10,19H,11,13H2,1-3H3,(H,25,28)(H,26,27). The number of nitrogens with one attached hydrogen (secondary N) is 2. The number of anilines is 1. The Morgan fingerprint density at radius 2 is 1.90 bits per heavy atom. The summed E-state index contributed by atoms with van der Waals surface area (Å²) in [7, 11) is 0. The van der Waals surface area contributed by atoms with Crippen LogP contribution in [0.3, 0.4) is 0 Å². The molecule has 0 spiro atoms. The van der Waals surface area contributed by atoms with Crippen molar-refractivity contribution >= 4 is 29.3 Å². The van der Waals surface area contributed by atoms with Gasteiger partial charge in [-0.1, -0.05) is 47.7 Å². The van der Waals surface area contributed by atoms with Crippen LogP contribution in [0.2, 0.25) is 0 Å². The molecule has 0 bridgehead atoms. The predicted molar refractivity (Wildman–Crippen MR) is 116 cm³/mol. The second-order valence-electron chi connectivity index (χ2n) is 7.21. The van der Waals surface area contributed by atoms with Crippen LogP contribution in [-0.4, -0.2) is 17.6 Å². The van der Waals surface area contributed by atoms with E-state index in [1.165, 1.54) is 11.8 Å². The van der Waals surface area contributed by atoms with Crippen LogP contribution >= 0.6 is 11.8 Å². The van der Waals surface area contributed by atoms with Gasteiger partial charge in [0.25, 0.3) is 0 Å². The molecule has 1 unspecified atom stereocenters. The lowest BCUT2D eigenvalue weighted by molar-refractivity contribution is -0.121. The third kappa shape index (κ3) is 5.07. The molecule has 1 aliphatic heterocycles. The van der Waals surface area contributed by atoms with E-state index in [1.807, 2.05) is 63.2 Å². The molecular weight excluding hydrogens is 382 g/mol. The van der Waals surface area contributed by atoms with Crippen molar-refractivity contribution in [2.45, 2.75) is 33.1 Å². The van der Waals surface area contributed by atoms with E-state index < -0.39 is 0 Å². The molecule has 2 amide bonds. The van der Waals surface area contributed by atoms with Crippen LogP contribution in [0.25, 0.3) is 0 Å². The van der Waals surface area contributed by atoms with Crippen LogP contribution in [0, 0.1) is 32.1 Å². The first-order valence-electron chi connectivity index (χ1n) is 9.38. The lowest BCUT2D eigenvalue weighted by Crippen LogP contribution is -2.31. The Morgan fingerprint density at radius 3 is 2.55 bits per heavy atom. The summed E-state index contributed by atoms with van der Waals surface area (Å²) < 4.78 is 0. The van der Waals surface area contributed by atoms with Crippen molar-refractivity contribution < 1.29 is 9.59 Å². The highest BCUT2D eigenvalue weighted by Gasteiger charge is 2.29. The van der Waals surface area contributed by atoms with Crippen LogP contribution in [0.1, 0.15) is 34.6 Å². The summed E-state index contributed by atoms with van der Waals surface area (Å²) in [6, 6.07) is 15.8. The number of carbonyl (C=O) groups is 2. The molecule has 1 aliphatic rings. The first-order chi connectivity index (χ1) is 13.9. The maximum Gasteiger partial charge on any atom is 0.234 e. The normalized spacial score (nSPS) is 16.2. The molecule has 0 aromatic heterocycles. The third-order valence-electron chi connectivity index (χ3n) is 4.97. The van der Waals surface area contributed by atoms with Gasteiger partial charge in [0.15, 0.2) is 0 Å². The van der Waals surface area contributed by atoms with Crippen LogP contribution in [0.15, 0.2) is 53.1 Å². The molecule has 3 rings (SSSR count). The van der Waals surface area contributed by atoms with E-state index in [9.17, 15) is 14.9 Å². The zero-order chi connectivity index (χ0) is 21.0. The highest BCUT2D eigenvalue weighted by molar-refractivity contribution is 8.03. The van der Waals surface area contributed by atoms with Crippen molar-refractivity contribution in [2.24, 2.45) is 0 Å². The third-order valence-corrected chi connectivity index (χ3v) is 5.99. The summed E-state index contributed by atoms with van der Waals surface area (Å²) in [5, 5.41) is 15.8. The lowest BCUT2D eigenvalue weighted by atomic mass is 9.87. The fraction of sp³-hybridized carbons (Fsp3) is 0.261. The van der Waals surface area contributed by atoms with Crippen molar-refractivity contribution in [3.05, 3.63) is 75.3 Å². The Kier molecular flexibility index (Phi) is 6.40. The number of amides is 2. The fourth-order valence-corrected chi connectivity index (χ4v) is 4.05. The summed E-state index contributed by atoms with van der Waals surface area (Å²) >= 11 is 1.18. The van der Waals surface area contributed by atoms with Gasteiger partial charge in [-0.25, -0.2) is 0 Å². The summed E-state index contributed by atoms with van der Waals surface area (Å²) in [5.41, 5.74) is 5.54. The Labute approximate surface area is 175 Å². The quantitative estimate of drug-likeness (QED) is 0.776. The first kappa shape index (κ1) is 20.7. The molecule has 0 saturated carbocycles. The van der Waals surface area contributed by atoms with Crippen LogP contribution in [0.4, 0.5) is 5.69 Å². The monoisotopic (exact) mass is 405 g/mol. The number of carbonyl (C=O) groups excluding carboxylic acids is 2. The van der Waals surface area contributed by atoms with Gasteiger partial charge in [0.2, 0.25) is 11.8 Å². The molecule has 0 aliphatic carbocycles. The zero-order valence-corrected chi connectivity index (χ0v) is 17.5. The van der Waals surface area contributed by atoms with Crippen molar-refractivity contribution in [1.29, 1.82) is 5.26 Å². The van der Waals surface area contributed by atoms with Gasteiger partial charge in [0.1, 0.15) is 0 Å². The van der Waals surface area contributed by atoms with Crippen molar-refractivity contribution in [1.82, 2.24) is 5.32 Å².